The maximum Gasteiger partial charge on any atom is 0.361 e. The van der Waals surface area contributed by atoms with Crippen LogP contribution in [0.1, 0.15) is 18.7 Å². The fourth-order valence-electron chi connectivity index (χ4n) is 2.65. The Morgan fingerprint density at radius 1 is 1.39 bits per heavy atom. The van der Waals surface area contributed by atoms with E-state index >= 15 is 0 Å². The zero-order valence-corrected chi connectivity index (χ0v) is 15.1. The quantitative estimate of drug-likeness (QED) is 0.819. The van der Waals surface area contributed by atoms with E-state index in [4.69, 9.17) is 23.2 Å². The van der Waals surface area contributed by atoms with Crippen molar-refractivity contribution in [1.29, 1.82) is 0 Å². The second-order valence-electron chi connectivity index (χ2n) is 5.65. The molecule has 0 amide bonds. The van der Waals surface area contributed by atoms with Crippen LogP contribution in [0, 0.1) is 12.8 Å². The summed E-state index contributed by atoms with van der Waals surface area (Å²) in [5, 5.41) is 9.02. The van der Waals surface area contributed by atoms with E-state index in [9.17, 15) is 4.55 Å². The molecular formula is C15H18Cl2N4OS. The van der Waals surface area contributed by atoms with E-state index in [-0.39, 0.29) is 0 Å². The summed E-state index contributed by atoms with van der Waals surface area (Å²) in [7, 11) is 0. The Bertz CT molecular complexity index is 688. The molecular weight excluding hydrogens is 355 g/mol. The van der Waals surface area contributed by atoms with E-state index in [0.29, 0.717) is 32.7 Å². The summed E-state index contributed by atoms with van der Waals surface area (Å²) in [5.41, 5.74) is 0.757. The first kappa shape index (κ1) is 17.0. The van der Waals surface area contributed by atoms with Crippen molar-refractivity contribution in [3.05, 3.63) is 34.1 Å². The van der Waals surface area contributed by atoms with Gasteiger partial charge >= 0.3 is 5.16 Å². The molecule has 2 aromatic rings. The second kappa shape index (κ2) is 7.40. The van der Waals surface area contributed by atoms with Gasteiger partial charge in [0, 0.05) is 11.2 Å². The van der Waals surface area contributed by atoms with Crippen molar-refractivity contribution >= 4 is 34.4 Å². The molecule has 1 fully saturated rings. The van der Waals surface area contributed by atoms with Gasteiger partial charge in [-0.2, -0.15) is 4.98 Å². The second-order valence-corrected chi connectivity index (χ2v) is 7.93. The summed E-state index contributed by atoms with van der Waals surface area (Å²) in [5.74, 6) is 1.88. The molecule has 124 valence electrons. The maximum absolute atomic E-state index is 12.4. The van der Waals surface area contributed by atoms with Crippen LogP contribution >= 0.6 is 23.2 Å². The standard InChI is InChI=1S/C15H18Cl2N4OS/c1-10-19-15(23(22)7-5-11-4-6-18-9-11)20-21(10)12-2-3-13(16)14(17)8-12/h2-3,8,11,18H,4-7,9H2,1H3. The van der Waals surface area contributed by atoms with E-state index < -0.39 is 11.2 Å². The summed E-state index contributed by atoms with van der Waals surface area (Å²) in [6.07, 6.45) is 2.08. The summed E-state index contributed by atoms with van der Waals surface area (Å²) >= 11 is 10.8. The lowest BCUT2D eigenvalue weighted by atomic mass is 10.1. The highest BCUT2D eigenvalue weighted by Gasteiger charge is 2.23. The van der Waals surface area contributed by atoms with Crippen molar-refractivity contribution in [1.82, 2.24) is 20.1 Å². The van der Waals surface area contributed by atoms with Crippen LogP contribution in [0.25, 0.3) is 5.69 Å². The summed E-state index contributed by atoms with van der Waals surface area (Å²) in [4.78, 5) is 4.34. The normalized spacial score (nSPS) is 19.2. The third kappa shape index (κ3) is 4.00. The van der Waals surface area contributed by atoms with Crippen LogP contribution in [0.4, 0.5) is 0 Å². The molecule has 0 radical (unpaired) electrons. The molecule has 1 saturated heterocycles. The number of nitrogens with one attached hydrogen (secondary N) is 1. The summed E-state index contributed by atoms with van der Waals surface area (Å²) in [6.45, 7) is 3.90. The first-order valence-corrected chi connectivity index (χ1v) is 9.60. The number of rotatable bonds is 5. The van der Waals surface area contributed by atoms with Crippen LogP contribution in [0.2, 0.25) is 10.0 Å². The molecule has 0 bridgehead atoms. The third-order valence-electron chi connectivity index (χ3n) is 3.97. The van der Waals surface area contributed by atoms with Crippen molar-refractivity contribution in [3.8, 4) is 5.69 Å². The Morgan fingerprint density at radius 3 is 2.91 bits per heavy atom. The van der Waals surface area contributed by atoms with E-state index in [2.05, 4.69) is 15.4 Å². The predicted octanol–water partition coefficient (Wildman–Crippen LogP) is 2.99. The number of aromatic nitrogens is 3. The average molecular weight is 373 g/mol. The highest BCUT2D eigenvalue weighted by atomic mass is 35.5. The molecule has 2 atom stereocenters. The summed E-state index contributed by atoms with van der Waals surface area (Å²) in [6, 6.07) is 5.25. The number of halogens is 2. The lowest BCUT2D eigenvalue weighted by Gasteiger charge is -2.09. The molecule has 5 nitrogen and oxygen atoms in total. The highest BCUT2D eigenvalue weighted by molar-refractivity contribution is 7.91. The lowest BCUT2D eigenvalue weighted by Crippen LogP contribution is -2.15. The molecule has 1 aromatic carbocycles. The minimum atomic E-state index is -1.18. The number of benzene rings is 1. The molecule has 2 unspecified atom stereocenters. The molecule has 8 heteroatoms. The zero-order chi connectivity index (χ0) is 16.4. The minimum Gasteiger partial charge on any atom is -0.609 e. The molecule has 1 N–H and O–H groups in total. The molecule has 1 aromatic heterocycles. The molecule has 2 heterocycles. The van der Waals surface area contributed by atoms with Crippen molar-refractivity contribution in [2.24, 2.45) is 5.92 Å². The fourth-order valence-corrected chi connectivity index (χ4v) is 4.08. The first-order chi connectivity index (χ1) is 11.0. The van der Waals surface area contributed by atoms with Gasteiger partial charge in [0.25, 0.3) is 0 Å². The Kier molecular flexibility index (Phi) is 5.49. The van der Waals surface area contributed by atoms with Gasteiger partial charge in [-0.25, -0.2) is 4.68 Å². The Hall–Kier alpha value is -0.790. The van der Waals surface area contributed by atoms with E-state index in [0.717, 1.165) is 31.6 Å². The van der Waals surface area contributed by atoms with Crippen LogP contribution in [0.15, 0.2) is 23.4 Å². The van der Waals surface area contributed by atoms with Gasteiger partial charge in [-0.15, -0.1) is 0 Å². The third-order valence-corrected chi connectivity index (χ3v) is 5.90. The van der Waals surface area contributed by atoms with E-state index in [1.54, 1.807) is 16.8 Å². The van der Waals surface area contributed by atoms with Crippen molar-refractivity contribution in [3.63, 3.8) is 0 Å². The summed E-state index contributed by atoms with van der Waals surface area (Å²) < 4.78 is 14.1. The predicted molar refractivity (Wildman–Crippen MR) is 93.0 cm³/mol. The largest absolute Gasteiger partial charge is 0.609 e. The molecule has 1 aliphatic rings. The number of aryl methyl sites for hydroxylation is 1. The van der Waals surface area contributed by atoms with E-state index in [1.165, 1.54) is 0 Å². The monoisotopic (exact) mass is 372 g/mol. The van der Waals surface area contributed by atoms with Gasteiger partial charge in [-0.1, -0.05) is 28.3 Å². The average Bonchev–Trinajstić information content (AvgIpc) is 3.17. The first-order valence-electron chi connectivity index (χ1n) is 7.53. The topological polar surface area (TPSA) is 65.8 Å². The van der Waals surface area contributed by atoms with Crippen molar-refractivity contribution < 1.29 is 4.55 Å². The smallest absolute Gasteiger partial charge is 0.361 e. The van der Waals surface area contributed by atoms with Gasteiger partial charge in [-0.05, 0) is 57.0 Å². The van der Waals surface area contributed by atoms with Crippen LogP contribution in [0.5, 0.6) is 0 Å². The van der Waals surface area contributed by atoms with Gasteiger partial charge in [0.05, 0.1) is 15.7 Å². The number of nitrogens with zero attached hydrogens (tertiary/aromatic N) is 3. The van der Waals surface area contributed by atoms with Crippen LogP contribution in [0.3, 0.4) is 0 Å². The van der Waals surface area contributed by atoms with Crippen molar-refractivity contribution in [2.75, 3.05) is 18.8 Å². The van der Waals surface area contributed by atoms with E-state index in [1.807, 2.05) is 13.0 Å². The molecule has 0 aliphatic carbocycles. The highest BCUT2D eigenvalue weighted by Crippen LogP contribution is 2.25. The molecule has 3 rings (SSSR count). The van der Waals surface area contributed by atoms with Gasteiger partial charge in [-0.3, -0.25) is 0 Å². The van der Waals surface area contributed by atoms with Gasteiger partial charge in [0.2, 0.25) is 0 Å². The maximum atomic E-state index is 12.4. The molecule has 0 spiro atoms. The lowest BCUT2D eigenvalue weighted by molar-refractivity contribution is 0.541. The Labute approximate surface area is 148 Å². The van der Waals surface area contributed by atoms with Crippen LogP contribution < -0.4 is 5.32 Å². The molecule has 1 aliphatic heterocycles. The molecule has 23 heavy (non-hydrogen) atoms. The van der Waals surface area contributed by atoms with Gasteiger partial charge in [0.1, 0.15) is 11.6 Å². The Balaban J connectivity index is 1.72. The zero-order valence-electron chi connectivity index (χ0n) is 12.8. The SMILES string of the molecule is Cc1nc([S+]([O-])CCC2CCNC2)nn1-c1ccc(Cl)c(Cl)c1. The fraction of sp³-hybridized carbons (Fsp3) is 0.467. The number of hydrogen-bond donors (Lipinski definition) is 1. The number of hydrogen-bond acceptors (Lipinski definition) is 4. The minimum absolute atomic E-state index is 0.375. The van der Waals surface area contributed by atoms with Gasteiger partial charge < -0.3 is 9.87 Å². The van der Waals surface area contributed by atoms with Crippen LogP contribution in [-0.4, -0.2) is 38.2 Å². The van der Waals surface area contributed by atoms with Gasteiger partial charge in [0.15, 0.2) is 0 Å². The molecule has 0 saturated carbocycles. The Morgan fingerprint density at radius 2 is 2.22 bits per heavy atom. The van der Waals surface area contributed by atoms with Crippen molar-refractivity contribution in [2.45, 2.75) is 24.9 Å². The van der Waals surface area contributed by atoms with Crippen LogP contribution in [-0.2, 0) is 11.2 Å².